The van der Waals surface area contributed by atoms with Crippen LogP contribution in [-0.4, -0.2) is 20.5 Å². The number of nitrogens with zero attached hydrogens (tertiary/aromatic N) is 2. The summed E-state index contributed by atoms with van der Waals surface area (Å²) in [5, 5.41) is 0.884. The van der Waals surface area contributed by atoms with Crippen LogP contribution in [0.15, 0.2) is 36.7 Å². The van der Waals surface area contributed by atoms with Crippen molar-refractivity contribution in [2.75, 3.05) is 0 Å². The standard InChI is InChI=1S/C15H15N3O2/c1-10-14(11-5-3-4-6-12(11)17-10)15(19)20-9-13-16-7-8-18(13)2/h3-8,17H,9H2,1-2H3. The van der Waals surface area contributed by atoms with Gasteiger partial charge in [0.2, 0.25) is 0 Å². The number of benzene rings is 1. The highest BCUT2D eigenvalue weighted by Gasteiger charge is 2.17. The van der Waals surface area contributed by atoms with Gasteiger partial charge in [-0.05, 0) is 13.0 Å². The summed E-state index contributed by atoms with van der Waals surface area (Å²) in [6, 6.07) is 7.69. The van der Waals surface area contributed by atoms with E-state index in [0.29, 0.717) is 5.56 Å². The molecule has 0 amide bonds. The van der Waals surface area contributed by atoms with Gasteiger partial charge in [0, 0.05) is 36.0 Å². The molecule has 0 atom stereocenters. The van der Waals surface area contributed by atoms with Gasteiger partial charge in [-0.15, -0.1) is 0 Å². The van der Waals surface area contributed by atoms with Crippen LogP contribution in [-0.2, 0) is 18.4 Å². The molecule has 0 spiro atoms. The average molecular weight is 269 g/mol. The first-order valence-corrected chi connectivity index (χ1v) is 6.37. The van der Waals surface area contributed by atoms with Gasteiger partial charge in [0.1, 0.15) is 12.4 Å². The SMILES string of the molecule is Cc1[nH]c2ccccc2c1C(=O)OCc1nccn1C. The van der Waals surface area contributed by atoms with Crippen LogP contribution in [0.25, 0.3) is 10.9 Å². The van der Waals surface area contributed by atoms with E-state index in [1.165, 1.54) is 0 Å². The molecular formula is C15H15N3O2. The summed E-state index contributed by atoms with van der Waals surface area (Å²) in [6.45, 7) is 2.04. The first-order valence-electron chi connectivity index (χ1n) is 6.37. The first kappa shape index (κ1) is 12.5. The van der Waals surface area contributed by atoms with Gasteiger partial charge >= 0.3 is 5.97 Å². The number of hydrogen-bond donors (Lipinski definition) is 1. The Morgan fingerprint density at radius 2 is 2.20 bits per heavy atom. The molecule has 5 nitrogen and oxygen atoms in total. The molecule has 0 fully saturated rings. The van der Waals surface area contributed by atoms with Crippen molar-refractivity contribution >= 4 is 16.9 Å². The number of esters is 1. The molecule has 20 heavy (non-hydrogen) atoms. The van der Waals surface area contributed by atoms with Crippen LogP contribution in [0.1, 0.15) is 21.9 Å². The smallest absolute Gasteiger partial charge is 0.341 e. The van der Waals surface area contributed by atoms with E-state index in [9.17, 15) is 4.79 Å². The molecule has 0 unspecified atom stereocenters. The Bertz CT molecular complexity index is 770. The molecule has 2 heterocycles. The number of H-pyrrole nitrogens is 1. The highest BCUT2D eigenvalue weighted by Crippen LogP contribution is 2.22. The molecule has 1 N–H and O–H groups in total. The number of para-hydroxylation sites is 1. The number of hydrogen-bond acceptors (Lipinski definition) is 3. The number of carbonyl (C=O) groups excluding carboxylic acids is 1. The largest absolute Gasteiger partial charge is 0.454 e. The molecule has 0 aliphatic rings. The quantitative estimate of drug-likeness (QED) is 0.743. The minimum absolute atomic E-state index is 0.168. The van der Waals surface area contributed by atoms with E-state index in [0.717, 1.165) is 22.4 Å². The van der Waals surface area contributed by atoms with Gasteiger partial charge in [-0.2, -0.15) is 0 Å². The number of imidazole rings is 1. The second-order valence-corrected chi connectivity index (χ2v) is 4.70. The minimum atomic E-state index is -0.331. The van der Waals surface area contributed by atoms with Crippen molar-refractivity contribution in [2.45, 2.75) is 13.5 Å². The van der Waals surface area contributed by atoms with Crippen LogP contribution in [0.3, 0.4) is 0 Å². The molecule has 0 bridgehead atoms. The first-order chi connectivity index (χ1) is 9.66. The fourth-order valence-electron chi connectivity index (χ4n) is 2.28. The summed E-state index contributed by atoms with van der Waals surface area (Å²) in [7, 11) is 1.87. The monoisotopic (exact) mass is 269 g/mol. The van der Waals surface area contributed by atoms with Crippen LogP contribution in [0.5, 0.6) is 0 Å². The van der Waals surface area contributed by atoms with Gasteiger partial charge in [0.25, 0.3) is 0 Å². The molecule has 1 aromatic carbocycles. The summed E-state index contributed by atoms with van der Waals surface area (Å²) in [5.41, 5.74) is 2.35. The molecule has 0 radical (unpaired) electrons. The van der Waals surface area contributed by atoms with Gasteiger partial charge in [-0.25, -0.2) is 9.78 Å². The molecule has 0 aliphatic carbocycles. The topological polar surface area (TPSA) is 59.9 Å². The average Bonchev–Trinajstić information content (AvgIpc) is 2.98. The Labute approximate surface area is 116 Å². The maximum absolute atomic E-state index is 12.3. The normalized spacial score (nSPS) is 10.9. The fourth-order valence-corrected chi connectivity index (χ4v) is 2.28. The number of aromatic amines is 1. The molecule has 0 aliphatic heterocycles. The third-order valence-electron chi connectivity index (χ3n) is 3.35. The van der Waals surface area contributed by atoms with Crippen LogP contribution in [0, 0.1) is 6.92 Å². The van der Waals surface area contributed by atoms with Crippen molar-refractivity contribution in [2.24, 2.45) is 7.05 Å². The van der Waals surface area contributed by atoms with Gasteiger partial charge in [-0.3, -0.25) is 0 Å². The number of rotatable bonds is 3. The molecule has 2 aromatic heterocycles. The fraction of sp³-hybridized carbons (Fsp3) is 0.200. The predicted molar refractivity (Wildman–Crippen MR) is 75.4 cm³/mol. The number of nitrogens with one attached hydrogen (secondary N) is 1. The Morgan fingerprint density at radius 3 is 2.95 bits per heavy atom. The van der Waals surface area contributed by atoms with E-state index < -0.39 is 0 Å². The molecule has 3 rings (SSSR count). The number of carbonyl (C=O) groups is 1. The molecule has 5 heteroatoms. The van der Waals surface area contributed by atoms with Gasteiger partial charge in [0.15, 0.2) is 0 Å². The van der Waals surface area contributed by atoms with Crippen molar-refractivity contribution in [1.82, 2.24) is 14.5 Å². The Balaban J connectivity index is 1.86. The highest BCUT2D eigenvalue weighted by atomic mass is 16.5. The van der Waals surface area contributed by atoms with E-state index >= 15 is 0 Å². The van der Waals surface area contributed by atoms with Crippen molar-refractivity contribution in [3.8, 4) is 0 Å². The zero-order valence-corrected chi connectivity index (χ0v) is 11.4. The van der Waals surface area contributed by atoms with Crippen molar-refractivity contribution < 1.29 is 9.53 Å². The summed E-state index contributed by atoms with van der Waals surface area (Å²) >= 11 is 0. The molecular weight excluding hydrogens is 254 g/mol. The summed E-state index contributed by atoms with van der Waals surface area (Å²) < 4.78 is 7.19. The van der Waals surface area contributed by atoms with E-state index in [1.807, 2.05) is 49.0 Å². The van der Waals surface area contributed by atoms with E-state index in [2.05, 4.69) is 9.97 Å². The maximum Gasteiger partial charge on any atom is 0.341 e. The van der Waals surface area contributed by atoms with Crippen LogP contribution < -0.4 is 0 Å². The summed E-state index contributed by atoms with van der Waals surface area (Å²) in [4.78, 5) is 19.6. The van der Waals surface area contributed by atoms with E-state index in [4.69, 9.17) is 4.74 Å². The van der Waals surface area contributed by atoms with Crippen LogP contribution >= 0.6 is 0 Å². The molecule has 102 valence electrons. The van der Waals surface area contributed by atoms with Crippen molar-refractivity contribution in [3.63, 3.8) is 0 Å². The molecule has 3 aromatic rings. The predicted octanol–water partition coefficient (Wildman–Crippen LogP) is 2.57. The van der Waals surface area contributed by atoms with Gasteiger partial charge in [-0.1, -0.05) is 18.2 Å². The maximum atomic E-state index is 12.3. The lowest BCUT2D eigenvalue weighted by molar-refractivity contribution is 0.0461. The van der Waals surface area contributed by atoms with Crippen molar-refractivity contribution in [3.05, 3.63) is 53.7 Å². The second-order valence-electron chi connectivity index (χ2n) is 4.70. The highest BCUT2D eigenvalue weighted by molar-refractivity contribution is 6.05. The van der Waals surface area contributed by atoms with Gasteiger partial charge in [0.05, 0.1) is 5.56 Å². The number of fused-ring (bicyclic) bond motifs is 1. The third kappa shape index (κ3) is 2.07. The van der Waals surface area contributed by atoms with Crippen molar-refractivity contribution in [1.29, 1.82) is 0 Å². The van der Waals surface area contributed by atoms with Gasteiger partial charge < -0.3 is 14.3 Å². The number of aromatic nitrogens is 3. The Morgan fingerprint density at radius 1 is 1.40 bits per heavy atom. The molecule has 0 saturated carbocycles. The second kappa shape index (κ2) is 4.85. The van der Waals surface area contributed by atoms with E-state index in [1.54, 1.807) is 6.20 Å². The van der Waals surface area contributed by atoms with Crippen LogP contribution in [0.2, 0.25) is 0 Å². The third-order valence-corrected chi connectivity index (χ3v) is 3.35. The molecule has 0 saturated heterocycles. The number of ether oxygens (including phenoxy) is 1. The lowest BCUT2D eigenvalue weighted by atomic mass is 10.1. The zero-order chi connectivity index (χ0) is 14.1. The lowest BCUT2D eigenvalue weighted by Gasteiger charge is -2.05. The Kier molecular flexibility index (Phi) is 3.02. The number of aryl methyl sites for hydroxylation is 2. The summed E-state index contributed by atoms with van der Waals surface area (Å²) in [5.74, 6) is 0.388. The Hall–Kier alpha value is -2.56. The van der Waals surface area contributed by atoms with Crippen LogP contribution in [0.4, 0.5) is 0 Å². The lowest BCUT2D eigenvalue weighted by Crippen LogP contribution is -2.09. The summed E-state index contributed by atoms with van der Waals surface area (Å²) in [6.07, 6.45) is 3.50. The minimum Gasteiger partial charge on any atom is -0.454 e. The zero-order valence-electron chi connectivity index (χ0n) is 11.4. The van der Waals surface area contributed by atoms with E-state index in [-0.39, 0.29) is 12.6 Å².